The highest BCUT2D eigenvalue weighted by Gasteiger charge is 2.17. The summed E-state index contributed by atoms with van der Waals surface area (Å²) < 4.78 is 5.15. The van der Waals surface area contributed by atoms with Gasteiger partial charge in [-0.05, 0) is 46.3 Å². The molecule has 0 atom stereocenters. The quantitative estimate of drug-likeness (QED) is 0.472. The van der Waals surface area contributed by atoms with Gasteiger partial charge in [-0.15, -0.1) is 0 Å². The maximum atomic E-state index is 11.9. The Labute approximate surface area is 119 Å². The molecule has 0 aliphatic rings. The van der Waals surface area contributed by atoms with Crippen molar-refractivity contribution in [3.05, 3.63) is 63.8 Å². The summed E-state index contributed by atoms with van der Waals surface area (Å²) in [5.41, 5.74) is 0.802. The lowest BCUT2D eigenvalue weighted by Gasteiger charge is -2.05. The maximum Gasteiger partial charge on any atom is 0.406 e. The van der Waals surface area contributed by atoms with Gasteiger partial charge in [-0.25, -0.2) is 0 Å². The number of nitriles is 1. The van der Waals surface area contributed by atoms with E-state index in [1.54, 1.807) is 0 Å². The van der Waals surface area contributed by atoms with Gasteiger partial charge in [0.15, 0.2) is 12.4 Å². The van der Waals surface area contributed by atoms with Crippen LogP contribution in [0.2, 0.25) is 0 Å². The topological polar surface area (TPSA) is 106 Å². The van der Waals surface area contributed by atoms with Crippen molar-refractivity contribution in [2.24, 2.45) is 0 Å². The van der Waals surface area contributed by atoms with Crippen molar-refractivity contribution < 1.29 is 14.5 Å². The van der Waals surface area contributed by atoms with E-state index in [1.165, 1.54) is 42.6 Å². The van der Waals surface area contributed by atoms with E-state index in [1.807, 2.05) is 6.07 Å². The van der Waals surface area contributed by atoms with Crippen LogP contribution >= 0.6 is 0 Å². The lowest BCUT2D eigenvalue weighted by molar-refractivity contribution is -0.390. The zero-order chi connectivity index (χ0) is 15.2. The molecule has 1 aromatic carbocycles. The Kier molecular flexibility index (Phi) is 4.21. The molecule has 1 heterocycles. The van der Waals surface area contributed by atoms with E-state index < -0.39 is 10.7 Å². The third kappa shape index (κ3) is 3.39. The van der Waals surface area contributed by atoms with Gasteiger partial charge in [0.25, 0.3) is 0 Å². The van der Waals surface area contributed by atoms with E-state index >= 15 is 0 Å². The second kappa shape index (κ2) is 6.25. The SMILES string of the molecule is N#Cc1ccc(C(=O)COc2cccnc2[N+](=O)[O-])cc1. The maximum absolute atomic E-state index is 11.9. The molecule has 0 unspecified atom stereocenters. The van der Waals surface area contributed by atoms with Crippen LogP contribution in [0.25, 0.3) is 0 Å². The van der Waals surface area contributed by atoms with E-state index in [0.29, 0.717) is 11.1 Å². The van der Waals surface area contributed by atoms with Crippen LogP contribution in [-0.4, -0.2) is 22.3 Å². The van der Waals surface area contributed by atoms with E-state index in [0.717, 1.165) is 0 Å². The van der Waals surface area contributed by atoms with Crippen LogP contribution in [0.1, 0.15) is 15.9 Å². The molecule has 0 spiro atoms. The number of benzene rings is 1. The van der Waals surface area contributed by atoms with Gasteiger partial charge in [0.1, 0.15) is 6.20 Å². The molecular weight excluding hydrogens is 274 g/mol. The number of ether oxygens (including phenoxy) is 1. The van der Waals surface area contributed by atoms with E-state index in [-0.39, 0.29) is 18.1 Å². The summed E-state index contributed by atoms with van der Waals surface area (Å²) in [6.07, 6.45) is 1.27. The molecule has 0 fully saturated rings. The summed E-state index contributed by atoms with van der Waals surface area (Å²) in [4.78, 5) is 25.6. The number of hydrogen-bond donors (Lipinski definition) is 0. The highest BCUT2D eigenvalue weighted by molar-refractivity contribution is 5.97. The minimum Gasteiger partial charge on any atom is -0.477 e. The smallest absolute Gasteiger partial charge is 0.406 e. The average Bonchev–Trinajstić information content (AvgIpc) is 2.52. The van der Waals surface area contributed by atoms with E-state index in [4.69, 9.17) is 10.00 Å². The first kappa shape index (κ1) is 14.1. The fraction of sp³-hybridized carbons (Fsp3) is 0.0714. The largest absolute Gasteiger partial charge is 0.477 e. The van der Waals surface area contributed by atoms with Gasteiger partial charge >= 0.3 is 5.82 Å². The number of nitro groups is 1. The minimum atomic E-state index is -0.679. The Bertz CT molecular complexity index is 720. The normalized spacial score (nSPS) is 9.67. The molecule has 104 valence electrons. The van der Waals surface area contributed by atoms with Crippen molar-refractivity contribution in [3.8, 4) is 11.8 Å². The van der Waals surface area contributed by atoms with Crippen molar-refractivity contribution in [1.82, 2.24) is 4.98 Å². The molecular formula is C14H9N3O4. The first-order valence-corrected chi connectivity index (χ1v) is 5.87. The highest BCUT2D eigenvalue weighted by atomic mass is 16.6. The van der Waals surface area contributed by atoms with Gasteiger partial charge in [-0.1, -0.05) is 0 Å². The van der Waals surface area contributed by atoms with Crippen LogP contribution in [0, 0.1) is 21.4 Å². The first-order chi connectivity index (χ1) is 10.1. The molecule has 0 radical (unpaired) electrons. The Balaban J connectivity index is 2.07. The van der Waals surface area contributed by atoms with Crippen molar-refractivity contribution >= 4 is 11.6 Å². The second-order valence-electron chi connectivity index (χ2n) is 3.98. The van der Waals surface area contributed by atoms with Gasteiger partial charge < -0.3 is 14.9 Å². The standard InChI is InChI=1S/C14H9N3O4/c15-8-10-3-5-11(6-4-10)12(18)9-21-13-2-1-7-16-14(13)17(19)20/h1-7H,9H2. The molecule has 0 saturated heterocycles. The number of Topliss-reactive ketones (excluding diaryl/α,β-unsaturated/α-hetero) is 1. The van der Waals surface area contributed by atoms with Crippen LogP contribution in [0.5, 0.6) is 5.75 Å². The molecule has 21 heavy (non-hydrogen) atoms. The van der Waals surface area contributed by atoms with Crippen LogP contribution < -0.4 is 4.74 Å². The molecule has 0 amide bonds. The fourth-order valence-corrected chi connectivity index (χ4v) is 1.59. The summed E-state index contributed by atoms with van der Waals surface area (Å²) in [7, 11) is 0. The van der Waals surface area contributed by atoms with E-state index in [9.17, 15) is 14.9 Å². The molecule has 0 aliphatic heterocycles. The van der Waals surface area contributed by atoms with Gasteiger partial charge in [-0.3, -0.25) is 4.79 Å². The molecule has 1 aromatic heterocycles. The number of aromatic nitrogens is 1. The zero-order valence-electron chi connectivity index (χ0n) is 10.7. The predicted octanol–water partition coefficient (Wildman–Crippen LogP) is 2.12. The molecule has 2 aromatic rings. The van der Waals surface area contributed by atoms with Gasteiger partial charge in [-0.2, -0.15) is 5.26 Å². The molecule has 2 rings (SSSR count). The van der Waals surface area contributed by atoms with Crippen LogP contribution in [-0.2, 0) is 0 Å². The van der Waals surface area contributed by atoms with Crippen molar-refractivity contribution in [2.75, 3.05) is 6.61 Å². The highest BCUT2D eigenvalue weighted by Crippen LogP contribution is 2.22. The number of hydrogen-bond acceptors (Lipinski definition) is 6. The van der Waals surface area contributed by atoms with Crippen LogP contribution in [0.3, 0.4) is 0 Å². The number of carbonyl (C=O) groups excluding carboxylic acids is 1. The minimum absolute atomic E-state index is 0.0653. The van der Waals surface area contributed by atoms with Crippen LogP contribution in [0.4, 0.5) is 5.82 Å². The summed E-state index contributed by atoms with van der Waals surface area (Å²) in [6, 6.07) is 10.8. The zero-order valence-corrected chi connectivity index (χ0v) is 10.7. The summed E-state index contributed by atoms with van der Waals surface area (Å²) in [5.74, 6) is -0.854. The Morgan fingerprint density at radius 1 is 1.33 bits per heavy atom. The Hall–Kier alpha value is -3.27. The molecule has 7 heteroatoms. The van der Waals surface area contributed by atoms with Crippen molar-refractivity contribution in [3.63, 3.8) is 0 Å². The fourth-order valence-electron chi connectivity index (χ4n) is 1.59. The number of pyridine rings is 1. The third-order valence-corrected chi connectivity index (χ3v) is 2.62. The number of carbonyl (C=O) groups is 1. The van der Waals surface area contributed by atoms with Gasteiger partial charge in [0, 0.05) is 5.56 Å². The van der Waals surface area contributed by atoms with Gasteiger partial charge in [0.2, 0.25) is 5.75 Å². The monoisotopic (exact) mass is 283 g/mol. The van der Waals surface area contributed by atoms with Crippen molar-refractivity contribution in [1.29, 1.82) is 5.26 Å². The number of rotatable bonds is 5. The molecule has 0 saturated carbocycles. The third-order valence-electron chi connectivity index (χ3n) is 2.62. The predicted molar refractivity (Wildman–Crippen MR) is 71.9 cm³/mol. The second-order valence-corrected chi connectivity index (χ2v) is 3.98. The molecule has 0 aliphatic carbocycles. The van der Waals surface area contributed by atoms with Crippen molar-refractivity contribution in [2.45, 2.75) is 0 Å². The van der Waals surface area contributed by atoms with Crippen LogP contribution in [0.15, 0.2) is 42.6 Å². The number of nitrogens with zero attached hydrogens (tertiary/aromatic N) is 3. The van der Waals surface area contributed by atoms with Gasteiger partial charge in [0.05, 0.1) is 11.6 Å². The lowest BCUT2D eigenvalue weighted by atomic mass is 10.1. The summed E-state index contributed by atoms with van der Waals surface area (Å²) in [5, 5.41) is 19.4. The Morgan fingerprint density at radius 3 is 2.67 bits per heavy atom. The molecule has 0 bridgehead atoms. The summed E-state index contributed by atoms with van der Waals surface area (Å²) in [6.45, 7) is -0.349. The molecule has 0 N–H and O–H groups in total. The Morgan fingerprint density at radius 2 is 2.05 bits per heavy atom. The average molecular weight is 283 g/mol. The first-order valence-electron chi connectivity index (χ1n) is 5.87. The summed E-state index contributed by atoms with van der Waals surface area (Å²) >= 11 is 0. The molecule has 7 nitrogen and oxygen atoms in total. The van der Waals surface area contributed by atoms with E-state index in [2.05, 4.69) is 4.98 Å². The lowest BCUT2D eigenvalue weighted by Crippen LogP contribution is -2.12. The number of ketones is 1.